The Bertz CT molecular complexity index is 346. The van der Waals surface area contributed by atoms with Crippen LogP contribution in [0.3, 0.4) is 0 Å². The second-order valence-electron chi connectivity index (χ2n) is 5.03. The average Bonchev–Trinajstić information content (AvgIpc) is 1.97. The van der Waals surface area contributed by atoms with Crippen LogP contribution in [0, 0.1) is 26.7 Å². The molecule has 1 aromatic carbocycles. The van der Waals surface area contributed by atoms with Crippen molar-refractivity contribution in [3.63, 3.8) is 0 Å². The highest BCUT2D eigenvalue weighted by atomic mass is 35.5. The lowest BCUT2D eigenvalue weighted by molar-refractivity contribution is 0.263. The van der Waals surface area contributed by atoms with Crippen LogP contribution < -0.4 is 5.73 Å². The van der Waals surface area contributed by atoms with Crippen molar-refractivity contribution in [1.29, 1.82) is 0 Å². The van der Waals surface area contributed by atoms with Gasteiger partial charge in [-0.25, -0.2) is 0 Å². The Morgan fingerprint density at radius 3 is 2.00 bits per heavy atom. The van der Waals surface area contributed by atoms with E-state index in [1.54, 1.807) is 0 Å². The molecule has 1 atom stereocenters. The highest BCUT2D eigenvalue weighted by molar-refractivity contribution is 5.85. The molecule has 0 amide bonds. The van der Waals surface area contributed by atoms with E-state index in [9.17, 15) is 0 Å². The molecule has 0 heterocycles. The lowest BCUT2D eigenvalue weighted by atomic mass is 9.75. The third-order valence-corrected chi connectivity index (χ3v) is 3.73. The summed E-state index contributed by atoms with van der Waals surface area (Å²) in [5.74, 6) is 0.727. The SMILES string of the molecule is Cc1cc(C)c([C@@H](N)C2CCC2)c(C)c1.Cl. The number of rotatable bonds is 2. The molecule has 0 aliphatic heterocycles. The molecule has 16 heavy (non-hydrogen) atoms. The van der Waals surface area contributed by atoms with Crippen molar-refractivity contribution in [2.75, 3.05) is 0 Å². The minimum absolute atomic E-state index is 0. The number of aryl methyl sites for hydroxylation is 3. The maximum Gasteiger partial charge on any atom is 0.0328 e. The Balaban J connectivity index is 0.00000128. The topological polar surface area (TPSA) is 26.0 Å². The van der Waals surface area contributed by atoms with Crippen LogP contribution >= 0.6 is 12.4 Å². The van der Waals surface area contributed by atoms with Gasteiger partial charge < -0.3 is 5.73 Å². The molecule has 2 rings (SSSR count). The van der Waals surface area contributed by atoms with Crippen LogP contribution in [0.5, 0.6) is 0 Å². The molecule has 1 saturated carbocycles. The van der Waals surface area contributed by atoms with Gasteiger partial charge in [0.15, 0.2) is 0 Å². The Morgan fingerprint density at radius 1 is 1.12 bits per heavy atom. The van der Waals surface area contributed by atoms with Crippen molar-refractivity contribution >= 4 is 12.4 Å². The Morgan fingerprint density at radius 2 is 1.62 bits per heavy atom. The molecule has 0 spiro atoms. The summed E-state index contributed by atoms with van der Waals surface area (Å²) in [4.78, 5) is 0. The van der Waals surface area contributed by atoms with E-state index in [2.05, 4.69) is 32.9 Å². The summed E-state index contributed by atoms with van der Waals surface area (Å²) in [6.45, 7) is 6.53. The van der Waals surface area contributed by atoms with E-state index in [1.807, 2.05) is 0 Å². The molecule has 0 radical (unpaired) electrons. The minimum Gasteiger partial charge on any atom is -0.324 e. The zero-order chi connectivity index (χ0) is 11.0. The first-order chi connectivity index (χ1) is 7.09. The summed E-state index contributed by atoms with van der Waals surface area (Å²) in [7, 11) is 0. The predicted molar refractivity (Wildman–Crippen MR) is 72.2 cm³/mol. The number of benzene rings is 1. The van der Waals surface area contributed by atoms with E-state index in [1.165, 1.54) is 41.5 Å². The molecule has 2 N–H and O–H groups in total. The van der Waals surface area contributed by atoms with Crippen LogP contribution in [0.25, 0.3) is 0 Å². The lowest BCUT2D eigenvalue weighted by Crippen LogP contribution is -2.28. The van der Waals surface area contributed by atoms with E-state index in [0.29, 0.717) is 0 Å². The van der Waals surface area contributed by atoms with E-state index in [-0.39, 0.29) is 18.4 Å². The molecule has 1 aromatic rings. The van der Waals surface area contributed by atoms with Gasteiger partial charge in [-0.05, 0) is 56.2 Å². The normalized spacial score (nSPS) is 17.5. The molecular weight excluding hydrogens is 218 g/mol. The molecule has 0 unspecified atom stereocenters. The minimum atomic E-state index is 0. The predicted octanol–water partition coefficient (Wildman–Crippen LogP) is 3.83. The molecule has 0 saturated heterocycles. The molecule has 0 aromatic heterocycles. The van der Waals surface area contributed by atoms with Crippen molar-refractivity contribution in [1.82, 2.24) is 0 Å². The largest absolute Gasteiger partial charge is 0.324 e. The Labute approximate surface area is 105 Å². The summed E-state index contributed by atoms with van der Waals surface area (Å²) < 4.78 is 0. The highest BCUT2D eigenvalue weighted by Crippen LogP contribution is 2.38. The van der Waals surface area contributed by atoms with Gasteiger partial charge in [0.1, 0.15) is 0 Å². The molecule has 1 aliphatic carbocycles. The Hall–Kier alpha value is -0.530. The van der Waals surface area contributed by atoms with Crippen molar-refractivity contribution < 1.29 is 0 Å². The molecule has 90 valence electrons. The van der Waals surface area contributed by atoms with Crippen LogP contribution in [-0.4, -0.2) is 0 Å². The number of nitrogens with two attached hydrogens (primary N) is 1. The third kappa shape index (κ3) is 2.41. The van der Waals surface area contributed by atoms with Gasteiger partial charge in [0, 0.05) is 6.04 Å². The summed E-state index contributed by atoms with van der Waals surface area (Å²) in [6.07, 6.45) is 3.99. The van der Waals surface area contributed by atoms with Gasteiger partial charge in [-0.15, -0.1) is 12.4 Å². The monoisotopic (exact) mass is 239 g/mol. The van der Waals surface area contributed by atoms with Crippen LogP contribution in [0.1, 0.15) is 47.6 Å². The quantitative estimate of drug-likeness (QED) is 0.834. The zero-order valence-electron chi connectivity index (χ0n) is 10.4. The smallest absolute Gasteiger partial charge is 0.0328 e. The first kappa shape index (κ1) is 13.5. The number of halogens is 1. The second kappa shape index (κ2) is 5.20. The highest BCUT2D eigenvalue weighted by Gasteiger charge is 2.27. The lowest BCUT2D eigenvalue weighted by Gasteiger charge is -2.33. The van der Waals surface area contributed by atoms with Crippen molar-refractivity contribution in [2.45, 2.75) is 46.1 Å². The molecule has 1 fully saturated rings. The Kier molecular flexibility index (Phi) is 4.40. The number of hydrogen-bond acceptors (Lipinski definition) is 1. The second-order valence-corrected chi connectivity index (χ2v) is 5.03. The van der Waals surface area contributed by atoms with Gasteiger partial charge in [-0.1, -0.05) is 24.1 Å². The number of hydrogen-bond donors (Lipinski definition) is 1. The average molecular weight is 240 g/mol. The summed E-state index contributed by atoms with van der Waals surface area (Å²) >= 11 is 0. The summed E-state index contributed by atoms with van der Waals surface area (Å²) in [5, 5.41) is 0. The van der Waals surface area contributed by atoms with Crippen molar-refractivity contribution in [3.05, 3.63) is 34.4 Å². The fourth-order valence-electron chi connectivity index (χ4n) is 2.75. The maximum absolute atomic E-state index is 6.35. The molecular formula is C14H22ClN. The van der Waals surface area contributed by atoms with Gasteiger partial charge in [-0.2, -0.15) is 0 Å². The van der Waals surface area contributed by atoms with E-state index < -0.39 is 0 Å². The summed E-state index contributed by atoms with van der Waals surface area (Å²) in [6, 6.07) is 4.76. The van der Waals surface area contributed by atoms with Gasteiger partial charge in [0.25, 0.3) is 0 Å². The van der Waals surface area contributed by atoms with E-state index >= 15 is 0 Å². The fraction of sp³-hybridized carbons (Fsp3) is 0.571. The molecule has 0 bridgehead atoms. The zero-order valence-corrected chi connectivity index (χ0v) is 11.2. The molecule has 2 heteroatoms. The standard InChI is InChI=1S/C14H21N.ClH/c1-9-7-10(2)13(11(3)8-9)14(15)12-5-4-6-12;/h7-8,12,14H,4-6,15H2,1-3H3;1H/t14-;/m0./s1. The van der Waals surface area contributed by atoms with Crippen LogP contribution in [0.2, 0.25) is 0 Å². The fourth-order valence-corrected chi connectivity index (χ4v) is 2.75. The van der Waals surface area contributed by atoms with E-state index in [4.69, 9.17) is 5.73 Å². The maximum atomic E-state index is 6.35. The van der Waals surface area contributed by atoms with Gasteiger partial charge in [-0.3, -0.25) is 0 Å². The molecule has 1 aliphatic rings. The van der Waals surface area contributed by atoms with Gasteiger partial charge in [0.05, 0.1) is 0 Å². The van der Waals surface area contributed by atoms with Gasteiger partial charge in [0.2, 0.25) is 0 Å². The van der Waals surface area contributed by atoms with Crippen LogP contribution in [-0.2, 0) is 0 Å². The van der Waals surface area contributed by atoms with Crippen molar-refractivity contribution in [3.8, 4) is 0 Å². The first-order valence-electron chi connectivity index (χ1n) is 5.93. The van der Waals surface area contributed by atoms with Crippen LogP contribution in [0.4, 0.5) is 0 Å². The van der Waals surface area contributed by atoms with Gasteiger partial charge >= 0.3 is 0 Å². The van der Waals surface area contributed by atoms with Crippen molar-refractivity contribution in [2.24, 2.45) is 11.7 Å². The van der Waals surface area contributed by atoms with E-state index in [0.717, 1.165) is 5.92 Å². The first-order valence-corrected chi connectivity index (χ1v) is 5.93. The summed E-state index contributed by atoms with van der Waals surface area (Å²) in [5.41, 5.74) is 11.8. The van der Waals surface area contributed by atoms with Crippen LogP contribution in [0.15, 0.2) is 12.1 Å². The third-order valence-electron chi connectivity index (χ3n) is 3.73. The molecule has 1 nitrogen and oxygen atoms in total.